The minimum absolute atomic E-state index is 0. The second kappa shape index (κ2) is 12.8. The molecule has 1 heteroatoms. The van der Waals surface area contributed by atoms with E-state index in [4.69, 9.17) is 0 Å². The first-order valence-corrected chi connectivity index (χ1v) is 3.92. The summed E-state index contributed by atoms with van der Waals surface area (Å²) in [7, 11) is 0. The van der Waals surface area contributed by atoms with Crippen LogP contribution in [0.3, 0.4) is 0 Å². The van der Waals surface area contributed by atoms with E-state index in [0.717, 1.165) is 12.8 Å². The molecule has 1 rings (SSSR count). The molecule has 0 aromatic heterocycles. The number of hydrogen-bond donors (Lipinski definition) is 0. The van der Waals surface area contributed by atoms with E-state index in [-0.39, 0.29) is 20.4 Å². The van der Waals surface area contributed by atoms with Gasteiger partial charge in [0.1, 0.15) is 0 Å². The fourth-order valence-electron chi connectivity index (χ4n) is 0.590. The van der Waals surface area contributed by atoms with Crippen molar-refractivity contribution < 1.29 is 20.4 Å². The van der Waals surface area contributed by atoms with Crippen molar-refractivity contribution in [1.82, 2.24) is 0 Å². The van der Waals surface area contributed by atoms with E-state index < -0.39 is 0 Å². The predicted molar refractivity (Wildman–Crippen MR) is 46.5 cm³/mol. The molecular weight excluding hydrogens is 227 g/mol. The van der Waals surface area contributed by atoms with Crippen LogP contribution in [0.4, 0.5) is 0 Å². The summed E-state index contributed by atoms with van der Waals surface area (Å²) in [5.41, 5.74) is 0. The zero-order valence-electron chi connectivity index (χ0n) is 7.08. The van der Waals surface area contributed by atoms with Gasteiger partial charge in [-0.15, -0.1) is 6.42 Å². The molecule has 66 valence electrons. The van der Waals surface area contributed by atoms with Crippen molar-refractivity contribution >= 4 is 0 Å². The van der Waals surface area contributed by atoms with Crippen LogP contribution in [0.15, 0.2) is 18.2 Å². The second-order valence-electron chi connectivity index (χ2n) is 2.21. The molecule has 0 saturated heterocycles. The molecule has 0 atom stereocenters. The van der Waals surface area contributed by atoms with Gasteiger partial charge in [0, 0.05) is 0 Å². The third kappa shape index (κ3) is 13.2. The van der Waals surface area contributed by atoms with Crippen molar-refractivity contribution in [3.05, 3.63) is 31.2 Å². The third-order valence-electron chi connectivity index (χ3n) is 1.19. The van der Waals surface area contributed by atoms with Crippen LogP contribution in [0.5, 0.6) is 0 Å². The van der Waals surface area contributed by atoms with Crippen LogP contribution in [-0.4, -0.2) is 0 Å². The van der Waals surface area contributed by atoms with Gasteiger partial charge in [0.2, 0.25) is 0 Å². The fourth-order valence-corrected chi connectivity index (χ4v) is 0.590. The van der Waals surface area contributed by atoms with Crippen molar-refractivity contribution in [3.8, 4) is 0 Å². The van der Waals surface area contributed by atoms with Crippen LogP contribution in [0.1, 0.15) is 32.6 Å². The summed E-state index contributed by atoms with van der Waals surface area (Å²) in [6.45, 7) is 5.85. The molecule has 0 nitrogen and oxygen atoms in total. The van der Waals surface area contributed by atoms with Gasteiger partial charge < -0.3 is 6.92 Å². The summed E-state index contributed by atoms with van der Waals surface area (Å²) < 4.78 is 0. The van der Waals surface area contributed by atoms with Gasteiger partial charge in [-0.1, -0.05) is 19.8 Å². The molecule has 0 aromatic rings. The zero-order chi connectivity index (χ0) is 7.66. The molecule has 0 aromatic carbocycles. The van der Waals surface area contributed by atoms with Crippen LogP contribution in [0.25, 0.3) is 0 Å². The van der Waals surface area contributed by atoms with Crippen molar-refractivity contribution in [3.63, 3.8) is 0 Å². The Morgan fingerprint density at radius 2 is 2.27 bits per heavy atom. The zero-order valence-corrected chi connectivity index (χ0v) is 8.64. The minimum atomic E-state index is 0. The number of hydrogen-bond acceptors (Lipinski definition) is 0. The number of rotatable bonds is 2. The van der Waals surface area contributed by atoms with Crippen LogP contribution in [0, 0.1) is 13.0 Å². The van der Waals surface area contributed by atoms with Crippen molar-refractivity contribution in [1.29, 1.82) is 0 Å². The van der Waals surface area contributed by atoms with Gasteiger partial charge in [0.15, 0.2) is 0 Å². The molecule has 0 N–H and O–H groups in total. The third-order valence-corrected chi connectivity index (χ3v) is 1.19. The van der Waals surface area contributed by atoms with Gasteiger partial charge in [0.25, 0.3) is 0 Å². The Bertz CT molecular complexity index is 91.4. The van der Waals surface area contributed by atoms with Crippen LogP contribution in [-0.2, 0) is 20.4 Å². The molecule has 0 fully saturated rings. The maximum absolute atomic E-state index is 3.68. The van der Waals surface area contributed by atoms with E-state index in [1.807, 2.05) is 12.2 Å². The maximum Gasteiger partial charge on any atom is 2.00 e. The van der Waals surface area contributed by atoms with Gasteiger partial charge in [-0.05, 0) is 0 Å². The quantitative estimate of drug-likeness (QED) is 0.515. The molecule has 0 saturated carbocycles. The van der Waals surface area contributed by atoms with Crippen molar-refractivity contribution in [2.75, 3.05) is 0 Å². The summed E-state index contributed by atoms with van der Waals surface area (Å²) in [5, 5.41) is 0. The Kier molecular flexibility index (Phi) is 15.9. The average molecular weight is 243 g/mol. The summed E-state index contributed by atoms with van der Waals surface area (Å²) in [4.78, 5) is 0. The largest absolute Gasteiger partial charge is 2.00 e. The van der Waals surface area contributed by atoms with Crippen LogP contribution >= 0.6 is 0 Å². The van der Waals surface area contributed by atoms with Gasteiger partial charge in [-0.2, -0.15) is 12.5 Å². The van der Waals surface area contributed by atoms with E-state index in [1.165, 1.54) is 12.8 Å². The van der Waals surface area contributed by atoms with Crippen molar-refractivity contribution in [2.24, 2.45) is 0 Å². The maximum atomic E-state index is 3.68. The van der Waals surface area contributed by atoms with Gasteiger partial charge >= 0.3 is 20.4 Å². The van der Waals surface area contributed by atoms with Crippen molar-refractivity contribution in [2.45, 2.75) is 32.6 Å². The Morgan fingerprint density at radius 1 is 1.55 bits per heavy atom. The molecule has 0 heterocycles. The Hall–Kier alpha value is 0.142. The standard InChI is InChI=1S/C5H5.C5H11.Pd/c1-2-4-5-3-1;1-3-5-4-2;/h1-3H,4H2;1,3-5H2,2H3;/q2*-1;+2. The van der Waals surface area contributed by atoms with E-state index in [9.17, 15) is 0 Å². The normalized spacial score (nSPS) is 11.8. The van der Waals surface area contributed by atoms with E-state index in [0.29, 0.717) is 0 Å². The first-order valence-electron chi connectivity index (χ1n) is 3.92. The second-order valence-corrected chi connectivity index (χ2v) is 2.21. The van der Waals surface area contributed by atoms with Gasteiger partial charge in [0.05, 0.1) is 0 Å². The SMILES string of the molecule is [C-]1=CC=CC1.[CH2-]CCCC.[Pd+2]. The van der Waals surface area contributed by atoms with E-state index in [1.54, 1.807) is 0 Å². The van der Waals surface area contributed by atoms with Crippen LogP contribution < -0.4 is 0 Å². The Balaban J connectivity index is 0. The Labute approximate surface area is 84.4 Å². The Morgan fingerprint density at radius 3 is 2.36 bits per heavy atom. The van der Waals surface area contributed by atoms with Gasteiger partial charge in [-0.3, -0.25) is 6.08 Å². The van der Waals surface area contributed by atoms with Gasteiger partial charge in [-0.25, -0.2) is 12.2 Å². The average Bonchev–Trinajstić information content (AvgIpc) is 2.44. The van der Waals surface area contributed by atoms with Crippen LogP contribution in [0.2, 0.25) is 0 Å². The summed E-state index contributed by atoms with van der Waals surface area (Å²) in [6, 6.07) is 0. The van der Waals surface area contributed by atoms with E-state index >= 15 is 0 Å². The molecule has 11 heavy (non-hydrogen) atoms. The van der Waals surface area contributed by atoms with E-state index in [2.05, 4.69) is 26.0 Å². The number of allylic oxidation sites excluding steroid dienone is 4. The first kappa shape index (κ1) is 13.7. The first-order chi connectivity index (χ1) is 4.91. The monoisotopic (exact) mass is 242 g/mol. The fraction of sp³-hybridized carbons (Fsp3) is 0.500. The summed E-state index contributed by atoms with van der Waals surface area (Å²) in [5.74, 6) is 0. The molecule has 0 unspecified atom stereocenters. The molecule has 0 bridgehead atoms. The minimum Gasteiger partial charge on any atom is -0.343 e. The number of unbranched alkanes of at least 4 members (excludes halogenated alkanes) is 2. The predicted octanol–water partition coefficient (Wildman–Crippen LogP) is 3.31. The molecule has 1 aliphatic rings. The summed E-state index contributed by atoms with van der Waals surface area (Å²) in [6.07, 6.45) is 13.7. The molecule has 1 aliphatic carbocycles. The molecule has 0 radical (unpaired) electrons. The molecule has 0 amide bonds. The smallest absolute Gasteiger partial charge is 0.343 e. The summed E-state index contributed by atoms with van der Waals surface area (Å²) >= 11 is 0. The molecule has 0 spiro atoms. The topological polar surface area (TPSA) is 0 Å². The molecule has 0 aliphatic heterocycles. The molecular formula is C10H16Pd.